The van der Waals surface area contributed by atoms with Gasteiger partial charge in [0.2, 0.25) is 0 Å². The summed E-state index contributed by atoms with van der Waals surface area (Å²) in [5.74, 6) is 0. The first kappa shape index (κ1) is 35.9. The van der Waals surface area contributed by atoms with Crippen molar-refractivity contribution in [2.75, 3.05) is 0 Å². The summed E-state index contributed by atoms with van der Waals surface area (Å²) in [6, 6.07) is 12.4. The van der Waals surface area contributed by atoms with E-state index in [0.29, 0.717) is 16.2 Å². The second-order valence-corrected chi connectivity index (χ2v) is 16.1. The molecule has 43 heavy (non-hydrogen) atoms. The molecule has 4 aromatic heterocycles. The standard InChI is InChI=1S/C13H11ClN4.C13H12N4O.CH4.Cl3OP.FH/c1-8-3-9(2)5-10(4-8)18-13-11(6-17-18)12(14)15-7-16-13;1-8-3-9(2)5-10(4-8)17-12-11(6-16-17)13(18)15-7-14-12;;1-5(2,3)4;/h3-7H,1-2H3;3-7H,1-2H3,(H,14,15,18);1H4;;1H. The lowest BCUT2D eigenvalue weighted by Crippen LogP contribution is -2.06. The summed E-state index contributed by atoms with van der Waals surface area (Å²) in [6.07, 6.45) is 6.07. The van der Waals surface area contributed by atoms with E-state index >= 15 is 0 Å². The lowest BCUT2D eigenvalue weighted by Gasteiger charge is -2.05. The number of fused-ring (bicyclic) bond motifs is 2. The number of H-pyrrole nitrogens is 1. The molecule has 0 bridgehead atoms. The van der Waals surface area contributed by atoms with Gasteiger partial charge in [-0.2, -0.15) is 10.2 Å². The van der Waals surface area contributed by atoms with Gasteiger partial charge in [0, 0.05) is 0 Å². The molecule has 0 saturated carbocycles. The number of nitrogens with zero attached hydrogens (tertiary/aromatic N) is 7. The van der Waals surface area contributed by atoms with Crippen molar-refractivity contribution in [2.45, 2.75) is 35.1 Å². The van der Waals surface area contributed by atoms with Crippen molar-refractivity contribution in [3.05, 3.63) is 99.2 Å². The summed E-state index contributed by atoms with van der Waals surface area (Å²) < 4.78 is 13.0. The van der Waals surface area contributed by atoms with Crippen molar-refractivity contribution < 1.29 is 9.27 Å². The number of aromatic amines is 1. The molecule has 0 aliphatic carbocycles. The molecule has 0 aliphatic heterocycles. The maximum absolute atomic E-state index is 11.6. The number of hydrogen-bond donors (Lipinski definition) is 1. The zero-order valence-electron chi connectivity index (χ0n) is 22.6. The van der Waals surface area contributed by atoms with Gasteiger partial charge < -0.3 is 4.98 Å². The third-order valence-electron chi connectivity index (χ3n) is 5.59. The molecule has 0 unspecified atom stereocenters. The van der Waals surface area contributed by atoms with Crippen LogP contribution in [0.2, 0.25) is 5.15 Å². The van der Waals surface area contributed by atoms with Crippen LogP contribution in [0.15, 0.2) is 66.2 Å². The Hall–Kier alpha value is -3.34. The van der Waals surface area contributed by atoms with E-state index < -0.39 is 5.20 Å². The Morgan fingerprint density at radius 1 is 0.721 bits per heavy atom. The lowest BCUT2D eigenvalue weighted by molar-refractivity contribution is 0.600. The minimum absolute atomic E-state index is 0. The summed E-state index contributed by atoms with van der Waals surface area (Å²) in [5.41, 5.74) is 7.71. The van der Waals surface area contributed by atoms with E-state index in [1.54, 1.807) is 21.8 Å². The predicted octanol–water partition coefficient (Wildman–Crippen LogP) is 8.41. The van der Waals surface area contributed by atoms with Crippen molar-refractivity contribution in [1.82, 2.24) is 39.5 Å². The molecule has 6 rings (SSSR count). The van der Waals surface area contributed by atoms with Gasteiger partial charge in [0.15, 0.2) is 11.3 Å². The Kier molecular flexibility index (Phi) is 12.4. The molecule has 228 valence electrons. The van der Waals surface area contributed by atoms with Crippen LogP contribution in [0.3, 0.4) is 0 Å². The molecule has 0 aliphatic rings. The monoisotopic (exact) mass is 686 g/mol. The van der Waals surface area contributed by atoms with Crippen LogP contribution in [0.4, 0.5) is 4.70 Å². The van der Waals surface area contributed by atoms with Gasteiger partial charge in [0.05, 0.1) is 35.5 Å². The smallest absolute Gasteiger partial charge is 0.312 e. The van der Waals surface area contributed by atoms with Crippen molar-refractivity contribution >= 4 is 72.6 Å². The summed E-state index contributed by atoms with van der Waals surface area (Å²) in [7, 11) is 0. The highest BCUT2D eigenvalue weighted by molar-refractivity contribution is 8.24. The highest BCUT2D eigenvalue weighted by atomic mass is 36.0. The molecule has 0 atom stereocenters. The van der Waals surface area contributed by atoms with Gasteiger partial charge in [0.25, 0.3) is 5.56 Å². The number of benzene rings is 2. The first-order valence-corrected chi connectivity index (χ1v) is 16.7. The first-order valence-electron chi connectivity index (χ1n) is 11.9. The van der Waals surface area contributed by atoms with Crippen molar-refractivity contribution in [3.8, 4) is 11.4 Å². The number of aromatic nitrogens is 8. The van der Waals surface area contributed by atoms with Gasteiger partial charge in [-0.1, -0.05) is 31.2 Å². The minimum Gasteiger partial charge on any atom is -0.312 e. The van der Waals surface area contributed by atoms with Gasteiger partial charge in [-0.3, -0.25) is 14.1 Å². The van der Waals surface area contributed by atoms with Crippen LogP contribution in [0.1, 0.15) is 29.7 Å². The molecule has 16 heteroatoms. The largest absolute Gasteiger partial charge is 0.339 e. The van der Waals surface area contributed by atoms with Gasteiger partial charge in [-0.25, -0.2) is 24.3 Å². The maximum Gasteiger partial charge on any atom is 0.339 e. The fourth-order valence-corrected chi connectivity index (χ4v) is 4.37. The summed E-state index contributed by atoms with van der Waals surface area (Å²) in [6.45, 7) is 8.18. The molecule has 1 N–H and O–H groups in total. The molecule has 6 aromatic rings. The Morgan fingerprint density at radius 3 is 1.60 bits per heavy atom. The van der Waals surface area contributed by atoms with E-state index in [1.165, 1.54) is 23.8 Å². The Morgan fingerprint density at radius 2 is 1.14 bits per heavy atom. The zero-order chi connectivity index (χ0) is 29.9. The number of halogens is 5. The molecule has 10 nitrogen and oxygen atoms in total. The fraction of sp³-hybridized carbons (Fsp3) is 0.185. The van der Waals surface area contributed by atoms with Crippen LogP contribution >= 0.6 is 50.5 Å². The average molecular weight is 688 g/mol. The van der Waals surface area contributed by atoms with Crippen LogP contribution in [0, 0.1) is 27.7 Å². The van der Waals surface area contributed by atoms with Crippen molar-refractivity contribution in [2.24, 2.45) is 0 Å². The van der Waals surface area contributed by atoms with Crippen LogP contribution in [-0.4, -0.2) is 39.5 Å². The molecule has 0 spiro atoms. The van der Waals surface area contributed by atoms with Gasteiger partial charge in [0.1, 0.15) is 16.9 Å². The minimum atomic E-state index is -3.22. The Labute approximate surface area is 266 Å². The molecular formula is C27H28Cl4FN8O2P. The van der Waals surface area contributed by atoms with E-state index in [4.69, 9.17) is 11.6 Å². The number of nitrogens with one attached hydrogen (secondary N) is 1. The summed E-state index contributed by atoms with van der Waals surface area (Å²) >= 11 is 19.9. The van der Waals surface area contributed by atoms with Crippen molar-refractivity contribution in [3.63, 3.8) is 0 Å². The lowest BCUT2D eigenvalue weighted by atomic mass is 10.1. The number of aryl methyl sites for hydroxylation is 4. The van der Waals surface area contributed by atoms with E-state index in [1.807, 2.05) is 26.0 Å². The van der Waals surface area contributed by atoms with Crippen LogP contribution in [0.5, 0.6) is 0 Å². The van der Waals surface area contributed by atoms with Crippen LogP contribution < -0.4 is 5.56 Å². The summed E-state index contributed by atoms with van der Waals surface area (Å²) in [5, 5.41) is 7.04. The zero-order valence-corrected chi connectivity index (χ0v) is 26.5. The average Bonchev–Trinajstić information content (AvgIpc) is 3.49. The first-order chi connectivity index (χ1) is 19.3. The molecule has 2 aromatic carbocycles. The SMILES string of the molecule is C.Cc1cc(C)cc(-n2ncc3c(=O)[nH]cnc32)c1.Cc1cc(C)cc(-n2ncc3c(Cl)ncnc32)c1.F.O=P(Cl)(Cl)Cl. The van der Waals surface area contributed by atoms with Gasteiger partial charge in [-0.05, 0) is 108 Å². The van der Waals surface area contributed by atoms with Crippen molar-refractivity contribution in [1.29, 1.82) is 0 Å². The molecule has 4 heterocycles. The third kappa shape index (κ3) is 9.32. The Bertz CT molecular complexity index is 1920. The van der Waals surface area contributed by atoms with E-state index in [0.717, 1.165) is 33.5 Å². The number of rotatable bonds is 2. The molecule has 0 saturated heterocycles. The van der Waals surface area contributed by atoms with Gasteiger partial charge in [-0.15, -0.1) is 0 Å². The molecule has 0 fully saturated rings. The molecule has 0 amide bonds. The summed E-state index contributed by atoms with van der Waals surface area (Å²) in [4.78, 5) is 26.5. The second kappa shape index (κ2) is 14.9. The van der Waals surface area contributed by atoms with E-state index in [9.17, 15) is 9.36 Å². The van der Waals surface area contributed by atoms with Gasteiger partial charge >= 0.3 is 5.20 Å². The van der Waals surface area contributed by atoms with E-state index in [2.05, 4.69) is 102 Å². The third-order valence-corrected chi connectivity index (χ3v) is 5.89. The topological polar surface area (TPSA) is 124 Å². The van der Waals surface area contributed by atoms with Crippen LogP contribution in [0.25, 0.3) is 33.4 Å². The second-order valence-electron chi connectivity index (χ2n) is 9.07. The van der Waals surface area contributed by atoms with E-state index in [-0.39, 0.29) is 17.7 Å². The quantitative estimate of drug-likeness (QED) is 0.143. The molecular weight excluding hydrogens is 660 g/mol. The number of hydrogen-bond acceptors (Lipinski definition) is 7. The molecule has 0 radical (unpaired) electrons. The fourth-order valence-electron chi connectivity index (χ4n) is 4.20. The predicted molar refractivity (Wildman–Crippen MR) is 175 cm³/mol. The Balaban J connectivity index is 0.000000250. The normalized spacial score (nSPS) is 10.6. The highest BCUT2D eigenvalue weighted by Crippen LogP contribution is 2.61. The highest BCUT2D eigenvalue weighted by Gasteiger charge is 2.11. The van der Waals surface area contributed by atoms with Crippen LogP contribution in [-0.2, 0) is 4.57 Å². The maximum atomic E-state index is 11.6.